The van der Waals surface area contributed by atoms with E-state index in [2.05, 4.69) is 20.9 Å². The fraction of sp³-hybridized carbons (Fsp3) is 0.160. The number of hydrogen-bond acceptors (Lipinski definition) is 5. The van der Waals surface area contributed by atoms with Gasteiger partial charge in [-0.15, -0.1) is 0 Å². The molecule has 1 N–H and O–H groups in total. The summed E-state index contributed by atoms with van der Waals surface area (Å²) in [6.07, 6.45) is 3.31. The first kappa shape index (κ1) is 21.8. The van der Waals surface area contributed by atoms with Crippen LogP contribution in [0.5, 0.6) is 5.75 Å². The number of hydrogen-bond donors (Lipinski definition) is 1. The van der Waals surface area contributed by atoms with E-state index < -0.39 is 17.7 Å². The minimum atomic E-state index is -0.727. The molecule has 0 aliphatic carbocycles. The Labute approximate surface area is 194 Å². The van der Waals surface area contributed by atoms with E-state index in [0.717, 1.165) is 15.6 Å². The van der Waals surface area contributed by atoms with Gasteiger partial charge in [-0.3, -0.25) is 14.6 Å². The Hall–Kier alpha value is -3.45. The quantitative estimate of drug-likeness (QED) is 0.301. The van der Waals surface area contributed by atoms with Crippen molar-refractivity contribution >= 4 is 33.4 Å². The van der Waals surface area contributed by atoms with Crippen LogP contribution in [0.25, 0.3) is 5.76 Å². The van der Waals surface area contributed by atoms with Crippen LogP contribution >= 0.6 is 15.9 Å². The second-order valence-corrected chi connectivity index (χ2v) is 8.21. The van der Waals surface area contributed by atoms with Crippen molar-refractivity contribution in [1.29, 1.82) is 0 Å². The Bertz CT molecular complexity index is 1160. The zero-order valence-corrected chi connectivity index (χ0v) is 19.0. The van der Waals surface area contributed by atoms with Gasteiger partial charge in [-0.05, 0) is 60.5 Å². The van der Waals surface area contributed by atoms with E-state index in [-0.39, 0.29) is 17.9 Å². The Morgan fingerprint density at radius 1 is 1.09 bits per heavy atom. The second-order valence-electron chi connectivity index (χ2n) is 7.30. The molecule has 1 unspecified atom stereocenters. The number of halogens is 1. The molecule has 0 radical (unpaired) electrons. The predicted molar refractivity (Wildman–Crippen MR) is 124 cm³/mol. The number of pyridine rings is 1. The lowest BCUT2D eigenvalue weighted by atomic mass is 9.95. The molecule has 1 aromatic heterocycles. The molecule has 0 bridgehead atoms. The van der Waals surface area contributed by atoms with Crippen LogP contribution in [0.15, 0.2) is 83.1 Å². The third kappa shape index (κ3) is 4.29. The number of amides is 1. The molecular formula is C25H21BrN2O4. The van der Waals surface area contributed by atoms with Gasteiger partial charge in [0.25, 0.3) is 11.7 Å². The minimum absolute atomic E-state index is 0.0605. The lowest BCUT2D eigenvalue weighted by Gasteiger charge is -2.25. The average molecular weight is 493 g/mol. The van der Waals surface area contributed by atoms with Crippen LogP contribution in [-0.4, -0.2) is 33.3 Å². The van der Waals surface area contributed by atoms with Gasteiger partial charge in [0.2, 0.25) is 0 Å². The molecule has 162 valence electrons. The highest BCUT2D eigenvalue weighted by molar-refractivity contribution is 9.10. The maximum absolute atomic E-state index is 13.1. The number of ether oxygens (including phenoxy) is 1. The first-order valence-electron chi connectivity index (χ1n) is 10.2. The van der Waals surface area contributed by atoms with E-state index >= 15 is 0 Å². The van der Waals surface area contributed by atoms with Gasteiger partial charge in [0.1, 0.15) is 11.5 Å². The summed E-state index contributed by atoms with van der Waals surface area (Å²) in [6.45, 7) is 2.60. The smallest absolute Gasteiger partial charge is 0.295 e. The highest BCUT2D eigenvalue weighted by Gasteiger charge is 2.46. The van der Waals surface area contributed by atoms with Crippen LogP contribution in [0.1, 0.15) is 29.7 Å². The third-order valence-corrected chi connectivity index (χ3v) is 5.77. The number of aliphatic hydroxyl groups excluding tert-OH is 1. The largest absolute Gasteiger partial charge is 0.507 e. The Kier molecular flexibility index (Phi) is 6.37. The standard InChI is InChI=1S/C25H21BrN2O4/c1-2-32-20-11-7-18(8-12-20)23(29)21-22(17-5-9-19(26)10-6-17)28(25(31)24(21)30)15-16-4-3-13-27-14-16/h3-14,22,29H,2,15H2,1H3/b23-21+. The van der Waals surface area contributed by atoms with Gasteiger partial charge in [0.05, 0.1) is 18.2 Å². The van der Waals surface area contributed by atoms with Crippen LogP contribution in [0.3, 0.4) is 0 Å². The SMILES string of the molecule is CCOc1ccc(/C(O)=C2\C(=O)C(=O)N(Cc3cccnc3)C2c2ccc(Br)cc2)cc1. The third-order valence-electron chi connectivity index (χ3n) is 5.24. The van der Waals surface area contributed by atoms with Gasteiger partial charge >= 0.3 is 0 Å². The molecule has 0 saturated carbocycles. The molecule has 6 nitrogen and oxygen atoms in total. The molecule has 2 heterocycles. The monoisotopic (exact) mass is 492 g/mol. The van der Waals surface area contributed by atoms with Gasteiger partial charge in [-0.2, -0.15) is 0 Å². The second kappa shape index (κ2) is 9.36. The molecule has 1 saturated heterocycles. The molecule has 1 aliphatic rings. The van der Waals surface area contributed by atoms with E-state index in [4.69, 9.17) is 4.74 Å². The Morgan fingerprint density at radius 2 is 1.81 bits per heavy atom. The fourth-order valence-electron chi connectivity index (χ4n) is 3.75. The first-order chi connectivity index (χ1) is 15.5. The van der Waals surface area contributed by atoms with Gasteiger partial charge in [0, 0.05) is 29.0 Å². The van der Waals surface area contributed by atoms with Gasteiger partial charge in [-0.25, -0.2) is 0 Å². The van der Waals surface area contributed by atoms with Crippen LogP contribution in [0.2, 0.25) is 0 Å². The van der Waals surface area contributed by atoms with E-state index in [1.54, 1.807) is 42.7 Å². The summed E-state index contributed by atoms with van der Waals surface area (Å²) in [7, 11) is 0. The number of carbonyl (C=O) groups is 2. The summed E-state index contributed by atoms with van der Waals surface area (Å²) in [4.78, 5) is 31.7. The van der Waals surface area contributed by atoms with Crippen molar-refractivity contribution in [1.82, 2.24) is 9.88 Å². The van der Waals surface area contributed by atoms with Gasteiger partial charge in [-0.1, -0.05) is 34.1 Å². The molecule has 7 heteroatoms. The van der Waals surface area contributed by atoms with Crippen molar-refractivity contribution in [2.75, 3.05) is 6.61 Å². The summed E-state index contributed by atoms with van der Waals surface area (Å²) in [6, 6.07) is 17.0. The zero-order chi connectivity index (χ0) is 22.7. The molecule has 1 fully saturated rings. The molecular weight excluding hydrogens is 472 g/mol. The Balaban J connectivity index is 1.81. The zero-order valence-electron chi connectivity index (χ0n) is 17.4. The van der Waals surface area contributed by atoms with Crippen molar-refractivity contribution in [2.45, 2.75) is 19.5 Å². The number of rotatable bonds is 6. The summed E-state index contributed by atoms with van der Waals surface area (Å²) >= 11 is 3.42. The number of nitrogens with zero attached hydrogens (tertiary/aromatic N) is 2. The van der Waals surface area contributed by atoms with Crippen LogP contribution in [-0.2, 0) is 16.1 Å². The van der Waals surface area contributed by atoms with E-state index in [1.165, 1.54) is 4.90 Å². The van der Waals surface area contributed by atoms with E-state index in [0.29, 0.717) is 17.9 Å². The predicted octanol–water partition coefficient (Wildman–Crippen LogP) is 4.86. The molecule has 32 heavy (non-hydrogen) atoms. The maximum Gasteiger partial charge on any atom is 0.295 e. The number of aromatic nitrogens is 1. The topological polar surface area (TPSA) is 79.7 Å². The van der Waals surface area contributed by atoms with Gasteiger partial charge in [0.15, 0.2) is 0 Å². The fourth-order valence-corrected chi connectivity index (χ4v) is 4.02. The highest BCUT2D eigenvalue weighted by Crippen LogP contribution is 2.40. The number of ketones is 1. The summed E-state index contributed by atoms with van der Waals surface area (Å²) < 4.78 is 6.32. The number of carbonyl (C=O) groups excluding carboxylic acids is 2. The van der Waals surface area contributed by atoms with Crippen molar-refractivity contribution in [2.24, 2.45) is 0 Å². The summed E-state index contributed by atoms with van der Waals surface area (Å²) in [5, 5.41) is 11.1. The van der Waals surface area contributed by atoms with Crippen molar-refractivity contribution in [3.05, 3.63) is 99.8 Å². The highest BCUT2D eigenvalue weighted by atomic mass is 79.9. The lowest BCUT2D eigenvalue weighted by Crippen LogP contribution is -2.29. The molecule has 4 rings (SSSR count). The number of aliphatic hydroxyl groups is 1. The summed E-state index contributed by atoms with van der Waals surface area (Å²) in [5.74, 6) is -0.930. The van der Waals surface area contributed by atoms with E-state index in [9.17, 15) is 14.7 Å². The number of Topliss-reactive ketones (excluding diaryl/α,β-unsaturated/α-hetero) is 1. The van der Waals surface area contributed by atoms with Crippen LogP contribution < -0.4 is 4.74 Å². The number of benzene rings is 2. The molecule has 1 amide bonds. The van der Waals surface area contributed by atoms with Crippen molar-refractivity contribution in [3.8, 4) is 5.75 Å². The molecule has 0 spiro atoms. The van der Waals surface area contributed by atoms with E-state index in [1.807, 2.05) is 37.3 Å². The minimum Gasteiger partial charge on any atom is -0.507 e. The van der Waals surface area contributed by atoms with Gasteiger partial charge < -0.3 is 14.7 Å². The van der Waals surface area contributed by atoms with Crippen LogP contribution in [0, 0.1) is 0 Å². The van der Waals surface area contributed by atoms with Crippen LogP contribution in [0.4, 0.5) is 0 Å². The van der Waals surface area contributed by atoms with Crippen molar-refractivity contribution < 1.29 is 19.4 Å². The maximum atomic E-state index is 13.1. The molecule has 1 atom stereocenters. The number of likely N-dealkylation sites (tertiary alicyclic amines) is 1. The Morgan fingerprint density at radius 3 is 2.44 bits per heavy atom. The lowest BCUT2D eigenvalue weighted by molar-refractivity contribution is -0.140. The molecule has 1 aliphatic heterocycles. The molecule has 2 aromatic carbocycles. The normalized spacial score (nSPS) is 17.6. The van der Waals surface area contributed by atoms with Crippen molar-refractivity contribution in [3.63, 3.8) is 0 Å². The average Bonchev–Trinajstić information content (AvgIpc) is 3.05. The summed E-state index contributed by atoms with van der Waals surface area (Å²) in [5.41, 5.74) is 2.02. The molecule has 3 aromatic rings. The first-order valence-corrected chi connectivity index (χ1v) is 10.9.